The van der Waals surface area contributed by atoms with E-state index in [1.165, 1.54) is 6.33 Å². The van der Waals surface area contributed by atoms with Crippen LogP contribution in [-0.2, 0) is 4.79 Å². The molecule has 0 saturated carbocycles. The molecule has 182 valence electrons. The number of likely N-dealkylation sites (N-methyl/N-ethyl adjacent to an activating group) is 1. The predicted molar refractivity (Wildman–Crippen MR) is 136 cm³/mol. The van der Waals surface area contributed by atoms with E-state index in [0.29, 0.717) is 35.2 Å². The monoisotopic (exact) mass is 465 g/mol. The summed E-state index contributed by atoms with van der Waals surface area (Å²) in [5.41, 5.74) is 8.56. The average Bonchev–Trinajstić information content (AvgIpc) is 2.82. The second kappa shape index (κ2) is 11.6. The Morgan fingerprint density at radius 3 is 2.74 bits per heavy atom. The number of rotatable bonds is 9. The summed E-state index contributed by atoms with van der Waals surface area (Å²) in [6, 6.07) is 5.62. The number of ether oxygens (including phenoxy) is 1. The third kappa shape index (κ3) is 6.32. The molecule has 4 N–H and O–H groups in total. The third-order valence-corrected chi connectivity index (χ3v) is 6.04. The lowest BCUT2D eigenvalue weighted by Gasteiger charge is -2.31. The molecular weight excluding hydrogens is 430 g/mol. The first-order valence-electron chi connectivity index (χ1n) is 11.5. The molecule has 1 aromatic carbocycles. The molecule has 0 spiro atoms. The normalized spacial score (nSPS) is 14.6. The summed E-state index contributed by atoms with van der Waals surface area (Å²) in [6.45, 7) is 4.86. The molecule has 0 radical (unpaired) electrons. The molecule has 2 aromatic rings. The number of aromatic nitrogens is 2. The number of nitrogens with zero attached hydrogens (tertiary/aromatic N) is 4. The van der Waals surface area contributed by atoms with Crippen molar-refractivity contribution < 1.29 is 9.53 Å². The van der Waals surface area contributed by atoms with Gasteiger partial charge in [0.1, 0.15) is 23.7 Å². The molecular formula is C25H35N7O2. The van der Waals surface area contributed by atoms with Gasteiger partial charge in [-0.3, -0.25) is 10.2 Å². The van der Waals surface area contributed by atoms with Crippen LogP contribution in [0.3, 0.4) is 0 Å². The zero-order valence-electron chi connectivity index (χ0n) is 20.5. The van der Waals surface area contributed by atoms with Gasteiger partial charge in [-0.25, -0.2) is 9.97 Å². The fourth-order valence-corrected chi connectivity index (χ4v) is 3.97. The van der Waals surface area contributed by atoms with Gasteiger partial charge in [0.2, 0.25) is 5.91 Å². The van der Waals surface area contributed by atoms with Gasteiger partial charge >= 0.3 is 0 Å². The Balaban J connectivity index is 1.62. The van der Waals surface area contributed by atoms with Crippen molar-refractivity contribution in [1.29, 1.82) is 5.41 Å². The minimum atomic E-state index is 0.0705. The van der Waals surface area contributed by atoms with Crippen LogP contribution in [0, 0.1) is 18.3 Å². The van der Waals surface area contributed by atoms with Gasteiger partial charge in [0, 0.05) is 37.8 Å². The molecule has 2 heterocycles. The van der Waals surface area contributed by atoms with Crippen molar-refractivity contribution in [2.75, 3.05) is 58.4 Å². The quantitative estimate of drug-likeness (QED) is 0.384. The van der Waals surface area contributed by atoms with Crippen molar-refractivity contribution in [3.63, 3.8) is 0 Å². The second-order valence-electron chi connectivity index (χ2n) is 8.86. The molecule has 0 bridgehead atoms. The first kappa shape index (κ1) is 25.2. The molecule has 3 rings (SSSR count). The number of carbonyl (C=O) groups excluding carboxylic acids is 1. The molecule has 0 atom stereocenters. The Morgan fingerprint density at radius 1 is 1.32 bits per heavy atom. The molecule has 0 unspecified atom stereocenters. The van der Waals surface area contributed by atoms with E-state index in [4.69, 9.17) is 15.9 Å². The molecule has 34 heavy (non-hydrogen) atoms. The maximum absolute atomic E-state index is 12.4. The zero-order valence-corrected chi connectivity index (χ0v) is 20.5. The number of amides is 1. The van der Waals surface area contributed by atoms with Crippen molar-refractivity contribution in [3.05, 3.63) is 53.4 Å². The smallest absolute Gasteiger partial charge is 0.246 e. The van der Waals surface area contributed by atoms with E-state index in [0.717, 1.165) is 38.0 Å². The molecule has 1 fully saturated rings. The molecule has 1 aliphatic rings. The van der Waals surface area contributed by atoms with Crippen LogP contribution in [0.25, 0.3) is 0 Å². The van der Waals surface area contributed by atoms with E-state index < -0.39 is 0 Å². The number of carbonyl (C=O) groups is 1. The zero-order chi connectivity index (χ0) is 24.7. The number of nitrogen functional groups attached to an aromatic ring is 1. The molecule has 1 saturated heterocycles. The fraction of sp³-hybridized carbons (Fsp3) is 0.440. The number of methoxy groups -OCH3 is 1. The van der Waals surface area contributed by atoms with Crippen molar-refractivity contribution in [1.82, 2.24) is 19.8 Å². The van der Waals surface area contributed by atoms with E-state index in [9.17, 15) is 4.79 Å². The molecule has 1 aliphatic heterocycles. The van der Waals surface area contributed by atoms with Crippen molar-refractivity contribution in [3.8, 4) is 5.75 Å². The van der Waals surface area contributed by atoms with Crippen LogP contribution in [0.15, 0.2) is 36.7 Å². The summed E-state index contributed by atoms with van der Waals surface area (Å²) < 4.78 is 5.41. The van der Waals surface area contributed by atoms with Gasteiger partial charge in [0.25, 0.3) is 0 Å². The summed E-state index contributed by atoms with van der Waals surface area (Å²) in [5.74, 6) is 1.98. The van der Waals surface area contributed by atoms with Gasteiger partial charge < -0.3 is 25.6 Å². The van der Waals surface area contributed by atoms with E-state index >= 15 is 0 Å². The number of likely N-dealkylation sites (tertiary alicyclic amines) is 1. The summed E-state index contributed by atoms with van der Waals surface area (Å²) in [7, 11) is 5.56. The molecule has 0 aliphatic carbocycles. The molecule has 1 amide bonds. The van der Waals surface area contributed by atoms with Gasteiger partial charge in [0.05, 0.1) is 18.4 Å². The van der Waals surface area contributed by atoms with Crippen LogP contribution in [0.1, 0.15) is 29.5 Å². The molecule has 1 aromatic heterocycles. The molecule has 9 heteroatoms. The standard InChI is InChI=1S/C25H35N7O2/c1-17-7-8-19(14-20(17)34-4)23(26)22-24(27)29-16-30-25(22)28-15-18-9-12-32(13-10-18)21(33)6-5-11-31(2)3/h5-8,14,16,18,26H,9-13,15H2,1-4H3,(H3,27,28,29,30)/b6-5+,26-23?. The molecule has 9 nitrogen and oxygen atoms in total. The van der Waals surface area contributed by atoms with Crippen LogP contribution >= 0.6 is 0 Å². The third-order valence-electron chi connectivity index (χ3n) is 6.04. The minimum Gasteiger partial charge on any atom is -0.496 e. The van der Waals surface area contributed by atoms with Gasteiger partial charge in [-0.15, -0.1) is 0 Å². The Hall–Kier alpha value is -3.46. The van der Waals surface area contributed by atoms with Gasteiger partial charge in [0.15, 0.2) is 0 Å². The lowest BCUT2D eigenvalue weighted by molar-refractivity contribution is -0.127. The lowest BCUT2D eigenvalue weighted by atomic mass is 9.96. The van der Waals surface area contributed by atoms with Crippen LogP contribution in [0.2, 0.25) is 0 Å². The van der Waals surface area contributed by atoms with Crippen LogP contribution in [0.4, 0.5) is 11.6 Å². The highest BCUT2D eigenvalue weighted by Crippen LogP contribution is 2.26. The number of hydrogen-bond acceptors (Lipinski definition) is 8. The van der Waals surface area contributed by atoms with E-state index in [2.05, 4.69) is 15.3 Å². The maximum atomic E-state index is 12.4. The maximum Gasteiger partial charge on any atom is 0.246 e. The number of nitrogens with two attached hydrogens (primary N) is 1. The van der Waals surface area contributed by atoms with Crippen LogP contribution in [-0.4, -0.2) is 78.8 Å². The predicted octanol–water partition coefficient (Wildman–Crippen LogP) is 2.56. The Kier molecular flexibility index (Phi) is 8.59. The largest absolute Gasteiger partial charge is 0.496 e. The summed E-state index contributed by atoms with van der Waals surface area (Å²) >= 11 is 0. The SMILES string of the molecule is COc1cc(C(=N)c2c(N)ncnc2NCC2CCN(C(=O)/C=C/CN(C)C)CC2)ccc1C. The average molecular weight is 466 g/mol. The number of hydrogen-bond donors (Lipinski definition) is 3. The van der Waals surface area contributed by atoms with Gasteiger partial charge in [-0.1, -0.05) is 18.2 Å². The highest BCUT2D eigenvalue weighted by atomic mass is 16.5. The van der Waals surface area contributed by atoms with E-state index in [1.54, 1.807) is 13.2 Å². The minimum absolute atomic E-state index is 0.0705. The first-order valence-corrected chi connectivity index (χ1v) is 11.5. The summed E-state index contributed by atoms with van der Waals surface area (Å²) in [5, 5.41) is 12.1. The summed E-state index contributed by atoms with van der Waals surface area (Å²) in [6.07, 6.45) is 6.78. The van der Waals surface area contributed by atoms with Crippen molar-refractivity contribution in [2.24, 2.45) is 5.92 Å². The van der Waals surface area contributed by atoms with Gasteiger partial charge in [-0.05, 0) is 51.4 Å². The van der Waals surface area contributed by atoms with E-state index in [-0.39, 0.29) is 17.4 Å². The first-order chi connectivity index (χ1) is 16.3. The summed E-state index contributed by atoms with van der Waals surface area (Å²) in [4.78, 5) is 24.8. The highest BCUT2D eigenvalue weighted by Gasteiger charge is 2.23. The highest BCUT2D eigenvalue weighted by molar-refractivity contribution is 6.16. The number of nitrogens with one attached hydrogen (secondary N) is 2. The van der Waals surface area contributed by atoms with Crippen molar-refractivity contribution in [2.45, 2.75) is 19.8 Å². The lowest BCUT2D eigenvalue weighted by Crippen LogP contribution is -2.39. The van der Waals surface area contributed by atoms with E-state index in [1.807, 2.05) is 55.1 Å². The fourth-order valence-electron chi connectivity index (χ4n) is 3.97. The number of anilines is 2. The Bertz CT molecular complexity index is 1040. The number of benzene rings is 1. The van der Waals surface area contributed by atoms with Crippen molar-refractivity contribution >= 4 is 23.3 Å². The van der Waals surface area contributed by atoms with Gasteiger partial charge in [-0.2, -0.15) is 0 Å². The van der Waals surface area contributed by atoms with Crippen LogP contribution < -0.4 is 15.8 Å². The Labute approximate surface area is 201 Å². The topological polar surface area (TPSA) is 120 Å². The Morgan fingerprint density at radius 2 is 2.06 bits per heavy atom. The van der Waals surface area contributed by atoms with Crippen LogP contribution in [0.5, 0.6) is 5.75 Å². The number of aryl methyl sites for hydroxylation is 1. The number of piperidine rings is 1. The second-order valence-corrected chi connectivity index (χ2v) is 8.86.